The van der Waals surface area contributed by atoms with Crippen LogP contribution in [0.1, 0.15) is 45.4 Å². The molecular formula is C27H48FN4O8P. The first-order chi connectivity index (χ1) is 19.8. The fourth-order valence-electron chi connectivity index (χ4n) is 3.35. The van der Waals surface area contributed by atoms with Gasteiger partial charge in [0.15, 0.2) is 0 Å². The molecule has 0 radical (unpaired) electrons. The molecule has 12 nitrogen and oxygen atoms in total. The Bertz CT molecular complexity index is 826. The van der Waals surface area contributed by atoms with Crippen molar-refractivity contribution >= 4 is 27.2 Å². The number of benzene rings is 1. The number of amides is 2. The number of ether oxygens (including phenoxy) is 2. The summed E-state index contributed by atoms with van der Waals surface area (Å²) in [4.78, 5) is 34.4. The molecule has 2 rings (SSSR count). The molecule has 3 atom stereocenters. The second-order valence-electron chi connectivity index (χ2n) is 8.49. The summed E-state index contributed by atoms with van der Waals surface area (Å²) in [6.07, 6.45) is 9.15. The Kier molecular flexibility index (Phi) is 27.1. The van der Waals surface area contributed by atoms with Gasteiger partial charge in [0, 0.05) is 39.6 Å². The van der Waals surface area contributed by atoms with E-state index in [9.17, 15) is 18.8 Å². The number of rotatable bonds is 14. The van der Waals surface area contributed by atoms with Crippen LogP contribution in [0.3, 0.4) is 0 Å². The van der Waals surface area contributed by atoms with Crippen LogP contribution in [0.25, 0.3) is 0 Å². The molecule has 1 aromatic carbocycles. The zero-order chi connectivity index (χ0) is 31.5. The van der Waals surface area contributed by atoms with Gasteiger partial charge in [-0.05, 0) is 70.3 Å². The van der Waals surface area contributed by atoms with Crippen LogP contribution in [0.5, 0.6) is 5.75 Å². The minimum absolute atomic E-state index is 0.0377. The van der Waals surface area contributed by atoms with E-state index in [1.165, 1.54) is 31.7 Å². The summed E-state index contributed by atoms with van der Waals surface area (Å²) < 4.78 is 28.4. The Labute approximate surface area is 244 Å². The van der Waals surface area contributed by atoms with Crippen molar-refractivity contribution in [1.29, 1.82) is 0 Å². The van der Waals surface area contributed by atoms with Crippen LogP contribution in [0, 0.1) is 5.82 Å². The van der Waals surface area contributed by atoms with Gasteiger partial charge in [0.2, 0.25) is 6.41 Å². The molecule has 2 amide bonds. The topological polar surface area (TPSA) is 173 Å². The fraction of sp³-hybridized carbons (Fsp3) is 0.593. The van der Waals surface area contributed by atoms with E-state index in [2.05, 4.69) is 10.8 Å². The Morgan fingerprint density at radius 2 is 1.80 bits per heavy atom. The van der Waals surface area contributed by atoms with Crippen molar-refractivity contribution < 1.29 is 43.0 Å². The van der Waals surface area contributed by atoms with Gasteiger partial charge < -0.3 is 34.8 Å². The molecule has 0 heterocycles. The molecule has 0 spiro atoms. The lowest BCUT2D eigenvalue weighted by Crippen LogP contribution is -2.31. The molecule has 236 valence electrons. The molecule has 14 heteroatoms. The van der Waals surface area contributed by atoms with Crippen molar-refractivity contribution in [2.75, 3.05) is 41.5 Å². The van der Waals surface area contributed by atoms with Crippen LogP contribution in [-0.4, -0.2) is 93.1 Å². The largest absolute Gasteiger partial charge is 0.461 e. The number of halogens is 1. The average Bonchev–Trinajstić information content (AvgIpc) is 3.00. The number of carbonyl (C=O) groups is 3. The number of esters is 1. The maximum Gasteiger partial charge on any atom is 0.320 e. The third-order valence-electron chi connectivity index (χ3n) is 5.64. The van der Waals surface area contributed by atoms with E-state index in [0.717, 1.165) is 32.8 Å². The van der Waals surface area contributed by atoms with Crippen LogP contribution in [-0.2, 0) is 23.9 Å². The molecule has 6 N–H and O–H groups in total. The van der Waals surface area contributed by atoms with Crippen molar-refractivity contribution in [2.24, 2.45) is 5.73 Å². The number of aliphatic hydroxyl groups excluding tert-OH is 2. The average molecular weight is 607 g/mol. The van der Waals surface area contributed by atoms with Crippen molar-refractivity contribution in [3.05, 3.63) is 42.4 Å². The number of aliphatic hydroxyl groups is 2. The standard InChI is InChI=1S/C14H19FNO3P.C11H20N2O4.CH5N.CH4O/c15-11-6-8-13(9-7-11)19-20-16-10-14(17)18-12-4-2-1-3-5-12;1-9(6-10(7-14)17-3)13(2)5-4-11(16)12-8-15;2*1-2/h6-9,12,16,20H,1-5,10H2;4-5,8-10,14H,6-7H2,1-3H3,(H,12,15,16);2H2,1H3;2H,1H3/b;5-4-;;. The normalized spacial score (nSPS) is 14.3. The minimum atomic E-state index is -0.468. The zero-order valence-corrected chi connectivity index (χ0v) is 25.7. The number of methoxy groups -OCH3 is 1. The molecule has 3 unspecified atom stereocenters. The molecule has 1 fully saturated rings. The highest BCUT2D eigenvalue weighted by Crippen LogP contribution is 2.21. The summed E-state index contributed by atoms with van der Waals surface area (Å²) in [6.45, 7) is 2.05. The highest BCUT2D eigenvalue weighted by atomic mass is 31.1. The first kappa shape index (κ1) is 40.5. The summed E-state index contributed by atoms with van der Waals surface area (Å²) in [7, 11) is 5.79. The molecular weight excluding hydrogens is 558 g/mol. The molecule has 1 aliphatic carbocycles. The van der Waals surface area contributed by atoms with E-state index < -0.39 is 5.91 Å². The summed E-state index contributed by atoms with van der Waals surface area (Å²) in [5, 5.41) is 20.9. The second-order valence-corrected chi connectivity index (χ2v) is 9.26. The third-order valence-corrected chi connectivity index (χ3v) is 6.30. The van der Waals surface area contributed by atoms with E-state index in [0.29, 0.717) is 18.6 Å². The van der Waals surface area contributed by atoms with Crippen LogP contribution in [0.4, 0.5) is 4.39 Å². The van der Waals surface area contributed by atoms with Gasteiger partial charge in [-0.3, -0.25) is 24.8 Å². The van der Waals surface area contributed by atoms with E-state index in [-0.39, 0.29) is 52.1 Å². The van der Waals surface area contributed by atoms with Crippen molar-refractivity contribution in [2.45, 2.75) is 63.7 Å². The van der Waals surface area contributed by atoms with Crippen LogP contribution >= 0.6 is 8.96 Å². The predicted octanol–water partition coefficient (Wildman–Crippen LogP) is 1.85. The summed E-state index contributed by atoms with van der Waals surface area (Å²) in [5.74, 6) is -0.445. The van der Waals surface area contributed by atoms with Crippen molar-refractivity contribution in [3.8, 4) is 5.75 Å². The lowest BCUT2D eigenvalue weighted by atomic mass is 9.98. The highest BCUT2D eigenvalue weighted by Gasteiger charge is 2.17. The zero-order valence-electron chi connectivity index (χ0n) is 24.7. The van der Waals surface area contributed by atoms with Gasteiger partial charge in [-0.1, -0.05) is 6.42 Å². The van der Waals surface area contributed by atoms with Gasteiger partial charge in [0.25, 0.3) is 5.91 Å². The smallest absolute Gasteiger partial charge is 0.320 e. The predicted molar refractivity (Wildman–Crippen MR) is 158 cm³/mol. The Morgan fingerprint density at radius 1 is 1.20 bits per heavy atom. The van der Waals surface area contributed by atoms with Gasteiger partial charge in [-0.25, -0.2) is 4.39 Å². The molecule has 1 saturated carbocycles. The molecule has 0 aliphatic heterocycles. The lowest BCUT2D eigenvalue weighted by Gasteiger charge is -2.25. The number of hydrogen-bond acceptors (Lipinski definition) is 11. The quantitative estimate of drug-likeness (QED) is 0.0688. The summed E-state index contributed by atoms with van der Waals surface area (Å²) >= 11 is 0. The first-order valence-electron chi connectivity index (χ1n) is 13.2. The van der Waals surface area contributed by atoms with Gasteiger partial charge >= 0.3 is 5.97 Å². The number of carbonyl (C=O) groups excluding carboxylic acids is 3. The van der Waals surface area contributed by atoms with Crippen LogP contribution in [0.15, 0.2) is 36.5 Å². The number of imide groups is 1. The van der Waals surface area contributed by atoms with Crippen LogP contribution in [0.2, 0.25) is 0 Å². The van der Waals surface area contributed by atoms with Gasteiger partial charge in [0.1, 0.15) is 26.6 Å². The first-order valence-corrected chi connectivity index (χ1v) is 14.1. The van der Waals surface area contributed by atoms with Crippen molar-refractivity contribution in [3.63, 3.8) is 0 Å². The Balaban J connectivity index is 0. The maximum atomic E-state index is 12.7. The Hall–Kier alpha value is -2.67. The number of nitrogens with two attached hydrogens (primary N) is 1. The molecule has 0 saturated heterocycles. The summed E-state index contributed by atoms with van der Waals surface area (Å²) in [5.41, 5.74) is 4.50. The third kappa shape index (κ3) is 21.7. The maximum absolute atomic E-state index is 12.7. The SMILES string of the molecule is CN.CO.COC(CO)CC(C)N(C)/C=C\C(=O)NC=O.O=C(CNPOc1ccc(F)cc1)OC1CCCCC1. The highest BCUT2D eigenvalue weighted by molar-refractivity contribution is 7.30. The number of nitrogens with zero attached hydrogens (tertiary/aromatic N) is 1. The van der Waals surface area contributed by atoms with E-state index >= 15 is 0 Å². The lowest BCUT2D eigenvalue weighted by molar-refractivity contribution is -0.149. The van der Waals surface area contributed by atoms with Crippen LogP contribution < -0.4 is 20.7 Å². The molecule has 41 heavy (non-hydrogen) atoms. The minimum Gasteiger partial charge on any atom is -0.461 e. The fourth-order valence-corrected chi connectivity index (χ4v) is 3.89. The molecule has 1 aromatic rings. The number of hydrogen-bond donors (Lipinski definition) is 5. The summed E-state index contributed by atoms with van der Waals surface area (Å²) in [6, 6.07) is 5.86. The van der Waals surface area contributed by atoms with E-state index in [1.807, 2.05) is 17.1 Å². The van der Waals surface area contributed by atoms with Gasteiger partial charge in [0.05, 0.1) is 19.3 Å². The van der Waals surface area contributed by atoms with E-state index in [1.54, 1.807) is 32.5 Å². The molecule has 1 aliphatic rings. The number of nitrogens with one attached hydrogen (secondary N) is 2. The molecule has 0 bridgehead atoms. The van der Waals surface area contributed by atoms with Gasteiger partial charge in [-0.15, -0.1) is 0 Å². The van der Waals surface area contributed by atoms with Crippen molar-refractivity contribution in [1.82, 2.24) is 15.3 Å². The monoisotopic (exact) mass is 606 g/mol. The second kappa shape index (κ2) is 27.5. The Morgan fingerprint density at radius 3 is 2.34 bits per heavy atom. The van der Waals surface area contributed by atoms with E-state index in [4.69, 9.17) is 24.2 Å². The van der Waals surface area contributed by atoms with Gasteiger partial charge in [-0.2, -0.15) is 0 Å². The molecule has 0 aromatic heterocycles.